The van der Waals surface area contributed by atoms with Gasteiger partial charge in [-0.25, -0.2) is 4.98 Å². The first-order valence-electron chi connectivity index (χ1n) is 10.0. The highest BCUT2D eigenvalue weighted by Gasteiger charge is 2.16. The first kappa shape index (κ1) is 20.1. The van der Waals surface area contributed by atoms with Gasteiger partial charge in [0, 0.05) is 12.6 Å². The molecule has 7 nitrogen and oxygen atoms in total. The molecule has 0 bridgehead atoms. The van der Waals surface area contributed by atoms with Crippen molar-refractivity contribution in [2.45, 2.75) is 58.7 Å². The fraction of sp³-hybridized carbons (Fsp3) is 0.476. The van der Waals surface area contributed by atoms with Gasteiger partial charge in [0.1, 0.15) is 0 Å². The second-order valence-electron chi connectivity index (χ2n) is 7.32. The van der Waals surface area contributed by atoms with Crippen molar-refractivity contribution in [2.75, 3.05) is 17.2 Å². The molecule has 28 heavy (non-hydrogen) atoms. The third kappa shape index (κ3) is 4.78. The molecule has 0 radical (unpaired) electrons. The van der Waals surface area contributed by atoms with Crippen LogP contribution in [0, 0.1) is 0 Å². The van der Waals surface area contributed by atoms with E-state index < -0.39 is 0 Å². The number of aromatic nitrogens is 4. The van der Waals surface area contributed by atoms with Gasteiger partial charge in [0.25, 0.3) is 0 Å². The summed E-state index contributed by atoms with van der Waals surface area (Å²) in [4.78, 5) is 13.9. The van der Waals surface area contributed by atoms with Gasteiger partial charge in [-0.05, 0) is 25.8 Å². The topological polar surface area (TPSA) is 87.9 Å². The van der Waals surface area contributed by atoms with Gasteiger partial charge in [-0.2, -0.15) is 9.97 Å². The Morgan fingerprint density at radius 3 is 2.61 bits per heavy atom. The van der Waals surface area contributed by atoms with Crippen molar-refractivity contribution < 1.29 is 5.11 Å². The molecule has 0 spiro atoms. The second-order valence-corrected chi connectivity index (χ2v) is 7.32. The van der Waals surface area contributed by atoms with E-state index in [0.717, 1.165) is 30.4 Å². The van der Waals surface area contributed by atoms with Crippen LogP contribution < -0.4 is 10.6 Å². The van der Waals surface area contributed by atoms with Crippen LogP contribution in [0.25, 0.3) is 11.2 Å². The van der Waals surface area contributed by atoms with Crippen molar-refractivity contribution in [3.05, 3.63) is 42.2 Å². The largest absolute Gasteiger partial charge is 0.394 e. The summed E-state index contributed by atoms with van der Waals surface area (Å²) in [6.45, 7) is 7.05. The van der Waals surface area contributed by atoms with Gasteiger partial charge in [-0.1, -0.05) is 50.1 Å². The number of unbranched alkanes of at least 4 members (excludes halogenated alkanes) is 1. The van der Waals surface area contributed by atoms with Crippen molar-refractivity contribution in [1.29, 1.82) is 0 Å². The second kappa shape index (κ2) is 9.50. The van der Waals surface area contributed by atoms with Crippen LogP contribution in [0.15, 0.2) is 36.7 Å². The van der Waals surface area contributed by atoms with Crippen LogP contribution >= 0.6 is 0 Å². The lowest BCUT2D eigenvalue weighted by atomic mass is 10.1. The Labute approximate surface area is 166 Å². The zero-order valence-electron chi connectivity index (χ0n) is 16.9. The Balaban J connectivity index is 1.91. The van der Waals surface area contributed by atoms with E-state index in [1.165, 1.54) is 5.56 Å². The molecule has 0 unspecified atom stereocenters. The summed E-state index contributed by atoms with van der Waals surface area (Å²) in [5.74, 6) is 1.21. The van der Waals surface area contributed by atoms with Gasteiger partial charge < -0.3 is 20.3 Å². The van der Waals surface area contributed by atoms with Crippen molar-refractivity contribution in [3.8, 4) is 0 Å². The van der Waals surface area contributed by atoms with Crippen molar-refractivity contribution in [3.63, 3.8) is 0 Å². The number of imidazole rings is 1. The molecule has 0 aliphatic heterocycles. The van der Waals surface area contributed by atoms with Crippen molar-refractivity contribution in [2.24, 2.45) is 0 Å². The number of aliphatic hydroxyl groups is 1. The standard InChI is InChI=1S/C21H30N6O/c1-4-5-11-17(13-28)24-21-25-19(22-12-16-9-7-6-8-10-16)18-20(26-21)27(14-23-18)15(2)3/h6-10,14-15,17,28H,4-5,11-13H2,1-3H3,(H2,22,24,25,26)/t17-/m0/s1. The van der Waals surface area contributed by atoms with Crippen LogP contribution in [0.3, 0.4) is 0 Å². The molecular weight excluding hydrogens is 352 g/mol. The summed E-state index contributed by atoms with van der Waals surface area (Å²) in [6.07, 6.45) is 4.82. The molecule has 0 amide bonds. The molecule has 2 heterocycles. The van der Waals surface area contributed by atoms with E-state index in [2.05, 4.69) is 53.5 Å². The highest BCUT2D eigenvalue weighted by Crippen LogP contribution is 2.24. The van der Waals surface area contributed by atoms with Gasteiger partial charge in [0.2, 0.25) is 5.95 Å². The van der Waals surface area contributed by atoms with Gasteiger partial charge in [0.05, 0.1) is 19.0 Å². The molecule has 0 saturated heterocycles. The lowest BCUT2D eigenvalue weighted by Crippen LogP contribution is -2.25. The summed E-state index contributed by atoms with van der Waals surface area (Å²) >= 11 is 0. The lowest BCUT2D eigenvalue weighted by molar-refractivity contribution is 0.266. The number of rotatable bonds is 10. The van der Waals surface area contributed by atoms with E-state index in [-0.39, 0.29) is 18.7 Å². The molecule has 0 saturated carbocycles. The minimum Gasteiger partial charge on any atom is -0.394 e. The van der Waals surface area contributed by atoms with Gasteiger partial charge in [0.15, 0.2) is 17.0 Å². The molecule has 7 heteroatoms. The zero-order valence-corrected chi connectivity index (χ0v) is 16.9. The molecule has 3 N–H and O–H groups in total. The molecule has 1 aromatic carbocycles. The van der Waals surface area contributed by atoms with Crippen molar-refractivity contribution in [1.82, 2.24) is 19.5 Å². The van der Waals surface area contributed by atoms with E-state index in [9.17, 15) is 5.11 Å². The van der Waals surface area contributed by atoms with Gasteiger partial charge >= 0.3 is 0 Å². The number of benzene rings is 1. The summed E-state index contributed by atoms with van der Waals surface area (Å²) in [6, 6.07) is 10.4. The zero-order chi connectivity index (χ0) is 19.9. The van der Waals surface area contributed by atoms with E-state index >= 15 is 0 Å². The van der Waals surface area contributed by atoms with E-state index in [4.69, 9.17) is 4.98 Å². The fourth-order valence-electron chi connectivity index (χ4n) is 3.11. The Kier molecular flexibility index (Phi) is 6.81. The maximum Gasteiger partial charge on any atom is 0.227 e. The average Bonchev–Trinajstić information content (AvgIpc) is 3.14. The van der Waals surface area contributed by atoms with Crippen LogP contribution in [-0.2, 0) is 6.54 Å². The maximum atomic E-state index is 9.70. The summed E-state index contributed by atoms with van der Waals surface area (Å²) < 4.78 is 2.04. The number of hydrogen-bond donors (Lipinski definition) is 3. The molecule has 0 aliphatic rings. The van der Waals surface area contributed by atoms with E-state index in [1.54, 1.807) is 0 Å². The monoisotopic (exact) mass is 382 g/mol. The van der Waals surface area contributed by atoms with Crippen LogP contribution in [0.5, 0.6) is 0 Å². The minimum atomic E-state index is -0.0604. The highest BCUT2D eigenvalue weighted by atomic mass is 16.3. The lowest BCUT2D eigenvalue weighted by Gasteiger charge is -2.17. The Morgan fingerprint density at radius 1 is 1.14 bits per heavy atom. The molecule has 1 atom stereocenters. The van der Waals surface area contributed by atoms with Crippen LogP contribution in [0.4, 0.5) is 11.8 Å². The third-order valence-corrected chi connectivity index (χ3v) is 4.74. The van der Waals surface area contributed by atoms with Gasteiger partial charge in [-0.3, -0.25) is 0 Å². The smallest absolute Gasteiger partial charge is 0.227 e. The highest BCUT2D eigenvalue weighted by molar-refractivity contribution is 5.84. The first-order valence-corrected chi connectivity index (χ1v) is 10.0. The number of aliphatic hydroxyl groups excluding tert-OH is 1. The van der Waals surface area contributed by atoms with E-state index in [1.807, 2.05) is 29.1 Å². The Morgan fingerprint density at radius 2 is 1.93 bits per heavy atom. The Bertz CT molecular complexity index is 877. The molecule has 0 fully saturated rings. The predicted molar refractivity (Wildman–Crippen MR) is 113 cm³/mol. The van der Waals surface area contributed by atoms with Crippen molar-refractivity contribution >= 4 is 22.9 Å². The van der Waals surface area contributed by atoms with Crippen LogP contribution in [0.1, 0.15) is 51.6 Å². The molecule has 0 aliphatic carbocycles. The molecule has 2 aromatic heterocycles. The fourth-order valence-corrected chi connectivity index (χ4v) is 3.11. The first-order chi connectivity index (χ1) is 13.6. The SMILES string of the molecule is CCCC[C@@H](CO)Nc1nc(NCc2ccccc2)c2ncn(C(C)C)c2n1. The third-order valence-electron chi connectivity index (χ3n) is 4.74. The maximum absolute atomic E-state index is 9.70. The number of fused-ring (bicyclic) bond motifs is 1. The van der Waals surface area contributed by atoms with Gasteiger partial charge in [-0.15, -0.1) is 0 Å². The summed E-state index contributed by atoms with van der Waals surface area (Å²) in [7, 11) is 0. The average molecular weight is 383 g/mol. The number of anilines is 2. The molecule has 3 aromatic rings. The van der Waals surface area contributed by atoms with E-state index in [0.29, 0.717) is 18.3 Å². The number of hydrogen-bond acceptors (Lipinski definition) is 6. The number of nitrogens with one attached hydrogen (secondary N) is 2. The Hall–Kier alpha value is -2.67. The molecule has 3 rings (SSSR count). The normalized spacial score (nSPS) is 12.5. The predicted octanol–water partition coefficient (Wildman–Crippen LogP) is 3.98. The van der Waals surface area contributed by atoms with Crippen LogP contribution in [0.2, 0.25) is 0 Å². The summed E-state index contributed by atoms with van der Waals surface area (Å²) in [5.41, 5.74) is 2.71. The van der Waals surface area contributed by atoms with Crippen LogP contribution in [-0.4, -0.2) is 37.3 Å². The molecular formula is C21H30N6O. The quantitative estimate of drug-likeness (QED) is 0.491. The molecule has 150 valence electrons. The minimum absolute atomic E-state index is 0.0532. The summed E-state index contributed by atoms with van der Waals surface area (Å²) in [5, 5.41) is 16.4. The number of nitrogens with zero attached hydrogens (tertiary/aromatic N) is 4.